The Hall–Kier alpha value is -2.79. The number of hydrogen-bond donors (Lipinski definition) is 1. The smallest absolute Gasteiger partial charge is 0.260 e. The number of fused-ring (bicyclic) bond motifs is 2. The molecule has 2 aromatic carbocycles. The maximum absolute atomic E-state index is 12.6. The molecular formula is C23H25N3O2. The van der Waals surface area contributed by atoms with Crippen molar-refractivity contribution in [2.75, 3.05) is 30.0 Å². The van der Waals surface area contributed by atoms with Gasteiger partial charge in [-0.3, -0.25) is 4.79 Å². The largest absolute Gasteiger partial charge is 0.487 e. The fraction of sp³-hybridized carbons (Fsp3) is 0.348. The van der Waals surface area contributed by atoms with Crippen molar-refractivity contribution in [2.24, 2.45) is 0 Å². The molecule has 5 heteroatoms. The molecule has 5 rings (SSSR count). The number of anilines is 2. The van der Waals surface area contributed by atoms with Crippen LogP contribution in [0.1, 0.15) is 42.9 Å². The van der Waals surface area contributed by atoms with Crippen LogP contribution in [-0.2, 0) is 16.1 Å². The van der Waals surface area contributed by atoms with Gasteiger partial charge in [0.25, 0.3) is 5.91 Å². The van der Waals surface area contributed by atoms with E-state index >= 15 is 0 Å². The third-order valence-corrected chi connectivity index (χ3v) is 5.88. The summed E-state index contributed by atoms with van der Waals surface area (Å²) in [6, 6.07) is 14.3. The number of rotatable bonds is 3. The van der Waals surface area contributed by atoms with Crippen molar-refractivity contribution in [1.29, 1.82) is 0 Å². The van der Waals surface area contributed by atoms with Crippen molar-refractivity contribution in [3.63, 3.8) is 0 Å². The van der Waals surface area contributed by atoms with Crippen LogP contribution in [0.4, 0.5) is 11.4 Å². The molecule has 144 valence electrons. The molecule has 0 aromatic heterocycles. The zero-order valence-electron chi connectivity index (χ0n) is 16.2. The summed E-state index contributed by atoms with van der Waals surface area (Å²) in [6.45, 7) is 5.89. The van der Waals surface area contributed by atoms with E-state index < -0.39 is 0 Å². The lowest BCUT2D eigenvalue weighted by Gasteiger charge is -2.38. The van der Waals surface area contributed by atoms with E-state index in [0.29, 0.717) is 17.9 Å². The molecule has 1 fully saturated rings. The number of amides is 1. The molecular weight excluding hydrogens is 350 g/mol. The predicted octanol–water partition coefficient (Wildman–Crippen LogP) is 4.26. The van der Waals surface area contributed by atoms with Crippen LogP contribution in [0, 0.1) is 0 Å². The van der Waals surface area contributed by atoms with Crippen LogP contribution in [0.3, 0.4) is 0 Å². The molecule has 2 aromatic rings. The highest BCUT2D eigenvalue weighted by Crippen LogP contribution is 2.42. The first kappa shape index (κ1) is 17.3. The van der Waals surface area contributed by atoms with Crippen LogP contribution < -0.4 is 10.3 Å². The first-order chi connectivity index (χ1) is 13.8. The standard InChI is InChI=1S/C23H25N3O2/c1-2-26(25-12-6-3-7-13-25)17-10-11-18-16(14-17)15-28-22(18)21-19-8-4-5-9-20(19)24-23(21)27/h4-5,8-11,14H,2-3,6-7,12-13,15H2,1H3,(H,24,27). The van der Waals surface area contributed by atoms with Gasteiger partial charge in [-0.25, -0.2) is 5.01 Å². The molecule has 1 saturated heterocycles. The number of ether oxygens (including phenoxy) is 1. The molecule has 0 bridgehead atoms. The minimum Gasteiger partial charge on any atom is -0.487 e. The molecule has 5 nitrogen and oxygen atoms in total. The lowest BCUT2D eigenvalue weighted by atomic mass is 10.00. The van der Waals surface area contributed by atoms with Crippen molar-refractivity contribution in [3.05, 3.63) is 59.2 Å². The number of nitrogens with one attached hydrogen (secondary N) is 1. The summed E-state index contributed by atoms with van der Waals surface area (Å²) in [5.74, 6) is 0.613. The number of nitrogens with zero attached hydrogens (tertiary/aromatic N) is 2. The first-order valence-electron chi connectivity index (χ1n) is 10.2. The normalized spacial score (nSPS) is 21.1. The summed E-state index contributed by atoms with van der Waals surface area (Å²) < 4.78 is 6.04. The second-order valence-corrected chi connectivity index (χ2v) is 7.56. The number of piperidine rings is 1. The Bertz CT molecular complexity index is 960. The molecule has 1 amide bonds. The molecule has 0 saturated carbocycles. The highest BCUT2D eigenvalue weighted by atomic mass is 16.5. The van der Waals surface area contributed by atoms with E-state index in [2.05, 4.69) is 40.5 Å². The topological polar surface area (TPSA) is 44.8 Å². The summed E-state index contributed by atoms with van der Waals surface area (Å²) in [7, 11) is 0. The van der Waals surface area contributed by atoms with E-state index in [0.717, 1.165) is 42.0 Å². The number of para-hydroxylation sites is 1. The molecule has 0 atom stereocenters. The van der Waals surface area contributed by atoms with Crippen molar-refractivity contribution in [3.8, 4) is 0 Å². The highest BCUT2D eigenvalue weighted by molar-refractivity contribution is 6.36. The average molecular weight is 375 g/mol. The monoisotopic (exact) mass is 375 g/mol. The fourth-order valence-corrected chi connectivity index (χ4v) is 4.52. The summed E-state index contributed by atoms with van der Waals surface area (Å²) >= 11 is 0. The quantitative estimate of drug-likeness (QED) is 0.814. The van der Waals surface area contributed by atoms with E-state index in [-0.39, 0.29) is 5.91 Å². The fourth-order valence-electron chi connectivity index (χ4n) is 4.52. The van der Waals surface area contributed by atoms with Gasteiger partial charge >= 0.3 is 0 Å². The van der Waals surface area contributed by atoms with Crippen LogP contribution in [0.2, 0.25) is 0 Å². The van der Waals surface area contributed by atoms with E-state index in [9.17, 15) is 4.79 Å². The minimum absolute atomic E-state index is 0.0865. The van der Waals surface area contributed by atoms with Crippen molar-refractivity contribution < 1.29 is 9.53 Å². The molecule has 0 unspecified atom stereocenters. The van der Waals surface area contributed by atoms with Crippen LogP contribution in [0.25, 0.3) is 11.3 Å². The van der Waals surface area contributed by atoms with E-state index in [4.69, 9.17) is 4.74 Å². The van der Waals surface area contributed by atoms with Crippen LogP contribution >= 0.6 is 0 Å². The third-order valence-electron chi connectivity index (χ3n) is 5.88. The summed E-state index contributed by atoms with van der Waals surface area (Å²) in [4.78, 5) is 12.6. The van der Waals surface area contributed by atoms with Crippen molar-refractivity contribution in [1.82, 2.24) is 5.01 Å². The number of carbonyl (C=O) groups is 1. The maximum atomic E-state index is 12.6. The molecule has 1 N–H and O–H groups in total. The summed E-state index contributed by atoms with van der Waals surface area (Å²) in [5.41, 5.74) is 5.79. The van der Waals surface area contributed by atoms with Gasteiger partial charge in [-0.05, 0) is 44.0 Å². The van der Waals surface area contributed by atoms with Gasteiger partial charge in [0.15, 0.2) is 0 Å². The zero-order chi connectivity index (χ0) is 19.1. The Kier molecular flexibility index (Phi) is 4.32. The molecule has 3 aliphatic rings. The van der Waals surface area contributed by atoms with E-state index in [1.54, 1.807) is 0 Å². The number of hydrogen-bond acceptors (Lipinski definition) is 4. The predicted molar refractivity (Wildman–Crippen MR) is 112 cm³/mol. The Morgan fingerprint density at radius 2 is 1.89 bits per heavy atom. The zero-order valence-corrected chi connectivity index (χ0v) is 16.2. The van der Waals surface area contributed by atoms with Gasteiger partial charge in [-0.2, -0.15) is 0 Å². The Morgan fingerprint density at radius 3 is 2.71 bits per heavy atom. The number of hydrazine groups is 1. The minimum atomic E-state index is -0.0865. The van der Waals surface area contributed by atoms with Crippen LogP contribution in [-0.4, -0.2) is 30.6 Å². The molecule has 28 heavy (non-hydrogen) atoms. The van der Waals surface area contributed by atoms with Gasteiger partial charge in [0.1, 0.15) is 12.4 Å². The SMILES string of the molecule is CCN(c1ccc2c(c1)COC2=C1C(=O)Nc2ccccc21)N1CCCCC1. The molecule has 0 radical (unpaired) electrons. The van der Waals surface area contributed by atoms with Gasteiger partial charge in [-0.15, -0.1) is 0 Å². The lowest BCUT2D eigenvalue weighted by molar-refractivity contribution is -0.110. The third kappa shape index (κ3) is 2.78. The molecule has 3 heterocycles. The lowest BCUT2D eigenvalue weighted by Crippen LogP contribution is -2.45. The van der Waals surface area contributed by atoms with Gasteiger partial charge < -0.3 is 15.1 Å². The first-order valence-corrected chi connectivity index (χ1v) is 10.2. The summed E-state index contributed by atoms with van der Waals surface area (Å²) in [6.07, 6.45) is 3.84. The maximum Gasteiger partial charge on any atom is 0.260 e. The van der Waals surface area contributed by atoms with Crippen LogP contribution in [0.5, 0.6) is 0 Å². The van der Waals surface area contributed by atoms with E-state index in [1.165, 1.54) is 24.9 Å². The second kappa shape index (κ2) is 6.99. The van der Waals surface area contributed by atoms with Gasteiger partial charge in [0.05, 0.1) is 11.3 Å². The Balaban J connectivity index is 1.52. The summed E-state index contributed by atoms with van der Waals surface area (Å²) in [5, 5.41) is 7.78. The van der Waals surface area contributed by atoms with Crippen molar-refractivity contribution in [2.45, 2.75) is 32.8 Å². The van der Waals surface area contributed by atoms with Gasteiger partial charge in [0, 0.05) is 42.0 Å². The van der Waals surface area contributed by atoms with Gasteiger partial charge in [0.2, 0.25) is 0 Å². The Morgan fingerprint density at radius 1 is 1.07 bits per heavy atom. The number of carbonyl (C=O) groups excluding carboxylic acids is 1. The van der Waals surface area contributed by atoms with Crippen molar-refractivity contribution >= 4 is 28.6 Å². The van der Waals surface area contributed by atoms with Crippen LogP contribution in [0.15, 0.2) is 42.5 Å². The molecule has 0 aliphatic carbocycles. The van der Waals surface area contributed by atoms with Gasteiger partial charge in [-0.1, -0.05) is 24.6 Å². The second-order valence-electron chi connectivity index (χ2n) is 7.56. The molecule has 3 aliphatic heterocycles. The molecule has 0 spiro atoms. The number of benzene rings is 2. The average Bonchev–Trinajstić information content (AvgIpc) is 3.28. The van der Waals surface area contributed by atoms with E-state index in [1.807, 2.05) is 24.3 Å². The highest BCUT2D eigenvalue weighted by Gasteiger charge is 2.32. The Labute approximate surface area is 165 Å².